The van der Waals surface area contributed by atoms with Gasteiger partial charge in [0.1, 0.15) is 0 Å². The number of aliphatic hydroxyl groups excluding tert-OH is 1. The maximum atomic E-state index is 10.9. The zero-order valence-electron chi connectivity index (χ0n) is 12.1. The van der Waals surface area contributed by atoms with E-state index in [1.54, 1.807) is 0 Å². The lowest BCUT2D eigenvalue weighted by Gasteiger charge is -2.39. The molecule has 3 unspecified atom stereocenters. The molecule has 2 nitrogen and oxygen atoms in total. The van der Waals surface area contributed by atoms with Crippen molar-refractivity contribution in [2.75, 3.05) is 0 Å². The van der Waals surface area contributed by atoms with E-state index in [9.17, 15) is 10.4 Å². The molecule has 0 radical (unpaired) electrons. The molecule has 3 atom stereocenters. The highest BCUT2D eigenvalue weighted by Gasteiger charge is 2.43. The Kier molecular flexibility index (Phi) is 3.96. The minimum absolute atomic E-state index is 0.521. The van der Waals surface area contributed by atoms with Crippen LogP contribution >= 0.6 is 0 Å². The summed E-state index contributed by atoms with van der Waals surface area (Å²) in [5, 5.41) is 20.5. The molecular formula is C17H23NO. The summed E-state index contributed by atoms with van der Waals surface area (Å²) in [4.78, 5) is 0. The van der Waals surface area contributed by atoms with Gasteiger partial charge in [-0.2, -0.15) is 5.26 Å². The van der Waals surface area contributed by atoms with Crippen LogP contribution in [0.3, 0.4) is 0 Å². The van der Waals surface area contributed by atoms with Crippen molar-refractivity contribution in [1.29, 1.82) is 5.26 Å². The van der Waals surface area contributed by atoms with Crippen LogP contribution in [0.2, 0.25) is 0 Å². The zero-order valence-corrected chi connectivity index (χ0v) is 12.1. The molecule has 2 heteroatoms. The van der Waals surface area contributed by atoms with Crippen LogP contribution in [-0.2, 0) is 0 Å². The Hall–Kier alpha value is -1.33. The monoisotopic (exact) mass is 257 g/mol. The fraction of sp³-hybridized carbons (Fsp3) is 0.588. The van der Waals surface area contributed by atoms with Gasteiger partial charge in [-0.15, -0.1) is 0 Å². The van der Waals surface area contributed by atoms with Gasteiger partial charge in [0.05, 0.1) is 17.6 Å². The summed E-state index contributed by atoms with van der Waals surface area (Å²) in [5.74, 6) is 0.521. The Labute approximate surface area is 116 Å². The first-order valence-electron chi connectivity index (χ1n) is 7.15. The molecule has 0 saturated heterocycles. The van der Waals surface area contributed by atoms with Crippen LogP contribution in [0.15, 0.2) is 18.2 Å². The number of nitrogens with zero attached hydrogens (tertiary/aromatic N) is 1. The van der Waals surface area contributed by atoms with Crippen molar-refractivity contribution in [3.05, 3.63) is 34.9 Å². The molecule has 0 amide bonds. The third kappa shape index (κ3) is 2.53. The van der Waals surface area contributed by atoms with E-state index in [-0.39, 0.29) is 0 Å². The minimum Gasteiger partial charge on any atom is -0.387 e. The molecule has 1 aromatic rings. The smallest absolute Gasteiger partial charge is 0.0981 e. The lowest BCUT2D eigenvalue weighted by molar-refractivity contribution is 0.0211. The van der Waals surface area contributed by atoms with Gasteiger partial charge in [-0.1, -0.05) is 38.0 Å². The van der Waals surface area contributed by atoms with Gasteiger partial charge < -0.3 is 5.11 Å². The summed E-state index contributed by atoms with van der Waals surface area (Å²) < 4.78 is 0. The van der Waals surface area contributed by atoms with Crippen molar-refractivity contribution in [3.63, 3.8) is 0 Å². The quantitative estimate of drug-likeness (QED) is 0.868. The molecule has 1 N–H and O–H groups in total. The Morgan fingerprint density at radius 1 is 1.37 bits per heavy atom. The largest absolute Gasteiger partial charge is 0.387 e. The second-order valence-corrected chi connectivity index (χ2v) is 6.18. The highest BCUT2D eigenvalue weighted by atomic mass is 16.3. The molecule has 1 aromatic carbocycles. The van der Waals surface area contributed by atoms with Gasteiger partial charge >= 0.3 is 0 Å². The van der Waals surface area contributed by atoms with Crippen molar-refractivity contribution >= 4 is 0 Å². The molecule has 19 heavy (non-hydrogen) atoms. The molecule has 0 spiro atoms. The van der Waals surface area contributed by atoms with Crippen molar-refractivity contribution in [2.24, 2.45) is 11.3 Å². The fourth-order valence-electron chi connectivity index (χ4n) is 3.54. The number of hydrogen-bond acceptors (Lipinski definition) is 2. The van der Waals surface area contributed by atoms with E-state index in [0.29, 0.717) is 5.92 Å². The summed E-state index contributed by atoms with van der Waals surface area (Å²) >= 11 is 0. The highest BCUT2D eigenvalue weighted by Crippen LogP contribution is 2.48. The van der Waals surface area contributed by atoms with E-state index in [1.807, 2.05) is 32.0 Å². The number of hydrogen-bond donors (Lipinski definition) is 1. The molecule has 1 aliphatic carbocycles. The molecule has 1 aliphatic rings. The van der Waals surface area contributed by atoms with Crippen molar-refractivity contribution in [3.8, 4) is 6.07 Å². The van der Waals surface area contributed by atoms with Crippen LogP contribution in [0.4, 0.5) is 0 Å². The fourth-order valence-corrected chi connectivity index (χ4v) is 3.54. The molecule has 0 heterocycles. The number of nitriles is 1. The summed E-state index contributed by atoms with van der Waals surface area (Å²) in [6.45, 7) is 6.22. The average Bonchev–Trinajstić information content (AvgIpc) is 2.38. The Bertz CT molecular complexity index is 482. The van der Waals surface area contributed by atoms with E-state index >= 15 is 0 Å². The predicted octanol–water partition coefficient (Wildman–Crippen LogP) is 4.06. The van der Waals surface area contributed by atoms with Crippen LogP contribution in [0.25, 0.3) is 0 Å². The first kappa shape index (κ1) is 14.1. The second-order valence-electron chi connectivity index (χ2n) is 6.18. The Morgan fingerprint density at radius 3 is 2.53 bits per heavy atom. The van der Waals surface area contributed by atoms with Crippen molar-refractivity contribution in [1.82, 2.24) is 0 Å². The number of aliphatic hydroxyl groups is 1. The predicted molar refractivity (Wildman–Crippen MR) is 76.6 cm³/mol. The van der Waals surface area contributed by atoms with E-state index < -0.39 is 11.5 Å². The number of aryl methyl sites for hydroxylation is 2. The van der Waals surface area contributed by atoms with Gasteiger partial charge in [-0.05, 0) is 49.3 Å². The van der Waals surface area contributed by atoms with Crippen LogP contribution in [-0.4, -0.2) is 5.11 Å². The first-order valence-corrected chi connectivity index (χ1v) is 7.15. The molecule has 0 aromatic heterocycles. The molecule has 1 saturated carbocycles. The summed E-state index contributed by atoms with van der Waals surface area (Å²) in [7, 11) is 0. The van der Waals surface area contributed by atoms with Gasteiger partial charge in [0, 0.05) is 0 Å². The summed E-state index contributed by atoms with van der Waals surface area (Å²) in [6.07, 6.45) is 3.15. The van der Waals surface area contributed by atoms with Crippen LogP contribution in [0.5, 0.6) is 0 Å². The van der Waals surface area contributed by atoms with Crippen molar-refractivity contribution < 1.29 is 5.11 Å². The second kappa shape index (κ2) is 5.35. The van der Waals surface area contributed by atoms with Gasteiger partial charge in [-0.3, -0.25) is 0 Å². The maximum Gasteiger partial charge on any atom is 0.0981 e. The standard InChI is InChI=1S/C17H23NO/c1-12-6-5-9-17(10-12,11-18)16(19)15-13(2)7-4-8-14(15)3/h4,7-8,12,16,19H,5-6,9-10H2,1-3H3. The van der Waals surface area contributed by atoms with Crippen LogP contribution < -0.4 is 0 Å². The van der Waals surface area contributed by atoms with E-state index in [0.717, 1.165) is 36.0 Å². The van der Waals surface area contributed by atoms with E-state index in [4.69, 9.17) is 0 Å². The normalized spacial score (nSPS) is 28.7. The third-order valence-electron chi connectivity index (χ3n) is 4.59. The number of benzene rings is 1. The lowest BCUT2D eigenvalue weighted by Crippen LogP contribution is -2.33. The topological polar surface area (TPSA) is 44.0 Å². The number of rotatable bonds is 2. The molecule has 0 bridgehead atoms. The first-order chi connectivity index (χ1) is 9.00. The summed E-state index contributed by atoms with van der Waals surface area (Å²) in [5.41, 5.74) is 2.52. The molecule has 1 fully saturated rings. The van der Waals surface area contributed by atoms with Crippen LogP contribution in [0, 0.1) is 36.5 Å². The van der Waals surface area contributed by atoms with Crippen molar-refractivity contribution in [2.45, 2.75) is 52.6 Å². The zero-order chi connectivity index (χ0) is 14.0. The van der Waals surface area contributed by atoms with Gasteiger partial charge in [0.2, 0.25) is 0 Å². The molecule has 102 valence electrons. The molecule has 2 rings (SSSR count). The van der Waals surface area contributed by atoms with Gasteiger partial charge in [-0.25, -0.2) is 0 Å². The molecular weight excluding hydrogens is 234 g/mol. The van der Waals surface area contributed by atoms with Gasteiger partial charge in [0.25, 0.3) is 0 Å². The van der Waals surface area contributed by atoms with Crippen LogP contribution in [0.1, 0.15) is 55.4 Å². The van der Waals surface area contributed by atoms with Gasteiger partial charge in [0.15, 0.2) is 0 Å². The SMILES string of the molecule is Cc1cccc(C)c1C(O)C1(C#N)CCCC(C)C1. The average molecular weight is 257 g/mol. The highest BCUT2D eigenvalue weighted by molar-refractivity contribution is 5.37. The Balaban J connectivity index is 2.41. The van der Waals surface area contributed by atoms with E-state index in [2.05, 4.69) is 13.0 Å². The third-order valence-corrected chi connectivity index (χ3v) is 4.59. The minimum atomic E-state index is -0.665. The molecule has 0 aliphatic heterocycles. The lowest BCUT2D eigenvalue weighted by atomic mass is 9.65. The van der Waals surface area contributed by atoms with E-state index in [1.165, 1.54) is 6.42 Å². The summed E-state index contributed by atoms with van der Waals surface area (Å²) in [6, 6.07) is 8.49. The maximum absolute atomic E-state index is 10.9. The Morgan fingerprint density at radius 2 is 2.00 bits per heavy atom.